The summed E-state index contributed by atoms with van der Waals surface area (Å²) in [6.07, 6.45) is 7.89. The van der Waals surface area contributed by atoms with Gasteiger partial charge in [0.25, 0.3) is 0 Å². The Balaban J connectivity index is 1.15. The Kier molecular flexibility index (Phi) is 7.09. The summed E-state index contributed by atoms with van der Waals surface area (Å²) in [4.78, 5) is 16.3. The van der Waals surface area contributed by atoms with E-state index in [0.717, 1.165) is 70.2 Å². The number of piperidine rings is 1. The van der Waals surface area contributed by atoms with Gasteiger partial charge in [-0.2, -0.15) is 13.2 Å². The first kappa shape index (κ1) is 27.5. The van der Waals surface area contributed by atoms with Crippen molar-refractivity contribution < 1.29 is 22.4 Å². The first-order chi connectivity index (χ1) is 19.1. The molecule has 214 valence electrons. The van der Waals surface area contributed by atoms with Crippen molar-refractivity contribution in [2.45, 2.75) is 82.5 Å². The first-order valence-electron chi connectivity index (χ1n) is 14.8. The van der Waals surface area contributed by atoms with Gasteiger partial charge in [0.15, 0.2) is 0 Å². The van der Waals surface area contributed by atoms with E-state index in [0.29, 0.717) is 23.9 Å². The summed E-state index contributed by atoms with van der Waals surface area (Å²) in [6, 6.07) is 11.5. The molecule has 2 unspecified atom stereocenters. The van der Waals surface area contributed by atoms with E-state index in [1.807, 2.05) is 0 Å². The van der Waals surface area contributed by atoms with E-state index in [-0.39, 0.29) is 23.4 Å². The standard InChI is InChI=1S/C33H38F4N2O/c1-22-21-39(14-13-32(22)12-9-25-7-2-3-8-29(25)32)28-10-11-31(19-28,18-23-5-4-6-23)30(40)38-20-24-15-26(33(35,36)37)17-27(34)16-24/h2-3,7-9,12,15-17,22-23,28H,4-6,10-11,13-14,18-21H2,1H3,(H,38,40)/t22-,28?,31?,32-/m0/s1. The lowest BCUT2D eigenvalue weighted by Gasteiger charge is -2.47. The highest BCUT2D eigenvalue weighted by molar-refractivity contribution is 5.83. The number of alkyl halides is 3. The minimum absolute atomic E-state index is 0.0757. The van der Waals surface area contributed by atoms with Crippen LogP contribution in [0, 0.1) is 23.1 Å². The second-order valence-corrected chi connectivity index (χ2v) is 12.8. The molecule has 2 aromatic rings. The zero-order chi connectivity index (χ0) is 28.1. The van der Waals surface area contributed by atoms with Gasteiger partial charge in [-0.1, -0.05) is 62.6 Å². The fourth-order valence-corrected chi connectivity index (χ4v) is 7.98. The number of hydrogen-bond donors (Lipinski definition) is 1. The lowest BCUT2D eigenvalue weighted by atomic mass is 9.67. The third-order valence-electron chi connectivity index (χ3n) is 10.4. The predicted molar refractivity (Wildman–Crippen MR) is 148 cm³/mol. The van der Waals surface area contributed by atoms with Crippen LogP contribution in [-0.4, -0.2) is 29.9 Å². The van der Waals surface area contributed by atoms with Crippen LogP contribution in [-0.2, 0) is 22.9 Å². The fraction of sp³-hybridized carbons (Fsp3) is 0.545. The number of rotatable bonds is 6. The smallest absolute Gasteiger partial charge is 0.352 e. The van der Waals surface area contributed by atoms with Gasteiger partial charge in [-0.15, -0.1) is 0 Å². The number of allylic oxidation sites excluding steroid dienone is 1. The van der Waals surface area contributed by atoms with Crippen molar-refractivity contribution in [3.8, 4) is 0 Å². The van der Waals surface area contributed by atoms with Crippen LogP contribution in [0.5, 0.6) is 0 Å². The van der Waals surface area contributed by atoms with Crippen LogP contribution in [0.3, 0.4) is 0 Å². The van der Waals surface area contributed by atoms with Crippen LogP contribution in [0.4, 0.5) is 17.6 Å². The van der Waals surface area contributed by atoms with Gasteiger partial charge in [-0.3, -0.25) is 9.69 Å². The molecule has 1 N–H and O–H groups in total. The average molecular weight is 555 g/mol. The number of amides is 1. The largest absolute Gasteiger partial charge is 0.416 e. The first-order valence-corrected chi connectivity index (χ1v) is 14.8. The summed E-state index contributed by atoms with van der Waals surface area (Å²) in [5, 5.41) is 2.92. The van der Waals surface area contributed by atoms with Gasteiger partial charge in [0, 0.05) is 24.5 Å². The molecule has 7 heteroatoms. The molecule has 1 amide bonds. The lowest BCUT2D eigenvalue weighted by molar-refractivity contribution is -0.137. The van der Waals surface area contributed by atoms with Gasteiger partial charge in [0.2, 0.25) is 5.91 Å². The topological polar surface area (TPSA) is 32.3 Å². The van der Waals surface area contributed by atoms with E-state index in [1.165, 1.54) is 17.5 Å². The Bertz CT molecular complexity index is 1300. The maximum atomic E-state index is 13.9. The minimum atomic E-state index is -4.63. The predicted octanol–water partition coefficient (Wildman–Crippen LogP) is 7.50. The van der Waals surface area contributed by atoms with Crippen molar-refractivity contribution in [2.75, 3.05) is 13.1 Å². The maximum absolute atomic E-state index is 13.9. The van der Waals surface area contributed by atoms with Gasteiger partial charge in [-0.25, -0.2) is 4.39 Å². The number of benzene rings is 2. The Morgan fingerprint density at radius 2 is 1.90 bits per heavy atom. The van der Waals surface area contributed by atoms with E-state index in [4.69, 9.17) is 0 Å². The molecule has 2 aromatic carbocycles. The van der Waals surface area contributed by atoms with Crippen LogP contribution < -0.4 is 5.32 Å². The molecule has 0 radical (unpaired) electrons. The summed E-state index contributed by atoms with van der Waals surface area (Å²) in [5.74, 6) is -0.0543. The number of likely N-dealkylation sites (tertiary alicyclic amines) is 1. The van der Waals surface area contributed by atoms with Gasteiger partial charge < -0.3 is 5.32 Å². The number of carbonyl (C=O) groups excluding carboxylic acids is 1. The fourth-order valence-electron chi connectivity index (χ4n) is 7.98. The molecule has 1 saturated heterocycles. The molecule has 4 aliphatic rings. The molecule has 3 nitrogen and oxygen atoms in total. The molecule has 1 spiro atoms. The summed E-state index contributed by atoms with van der Waals surface area (Å²) in [5.41, 5.74) is 1.41. The second-order valence-electron chi connectivity index (χ2n) is 12.8. The summed E-state index contributed by atoms with van der Waals surface area (Å²) >= 11 is 0. The zero-order valence-corrected chi connectivity index (χ0v) is 23.1. The SMILES string of the molecule is C[C@H]1CN(C2CCC(CC3CCC3)(C(=O)NCc3cc(F)cc(C(F)(F)F)c3)C2)CC[C@@]12C=Cc1ccccc12. The molecule has 6 rings (SSSR count). The highest BCUT2D eigenvalue weighted by Gasteiger charge is 2.51. The molecule has 3 fully saturated rings. The van der Waals surface area contributed by atoms with Crippen molar-refractivity contribution in [2.24, 2.45) is 17.3 Å². The van der Waals surface area contributed by atoms with Crippen molar-refractivity contribution >= 4 is 12.0 Å². The lowest BCUT2D eigenvalue weighted by Crippen LogP contribution is -2.51. The Hall–Kier alpha value is -2.67. The van der Waals surface area contributed by atoms with Crippen molar-refractivity contribution in [3.63, 3.8) is 0 Å². The Labute approximate surface area is 234 Å². The van der Waals surface area contributed by atoms with Crippen molar-refractivity contribution in [3.05, 3.63) is 76.6 Å². The summed E-state index contributed by atoms with van der Waals surface area (Å²) < 4.78 is 53.5. The monoisotopic (exact) mass is 554 g/mol. The quantitative estimate of drug-likeness (QED) is 0.375. The van der Waals surface area contributed by atoms with Crippen LogP contribution in [0.25, 0.3) is 6.08 Å². The highest BCUT2D eigenvalue weighted by Crippen LogP contribution is 2.52. The third-order valence-corrected chi connectivity index (χ3v) is 10.4. The van der Waals surface area contributed by atoms with Crippen LogP contribution in [0.2, 0.25) is 0 Å². The highest BCUT2D eigenvalue weighted by atomic mass is 19.4. The molecule has 1 heterocycles. The van der Waals surface area contributed by atoms with E-state index < -0.39 is 23.0 Å². The van der Waals surface area contributed by atoms with Gasteiger partial charge in [-0.05, 0) is 85.4 Å². The molecule has 0 aromatic heterocycles. The van der Waals surface area contributed by atoms with Crippen molar-refractivity contribution in [1.29, 1.82) is 0 Å². The molecule has 40 heavy (non-hydrogen) atoms. The molecule has 4 atom stereocenters. The Morgan fingerprint density at radius 3 is 2.62 bits per heavy atom. The third kappa shape index (κ3) is 4.99. The normalized spacial score (nSPS) is 30.4. The molecule has 2 saturated carbocycles. The molecule has 3 aliphatic carbocycles. The minimum Gasteiger partial charge on any atom is -0.352 e. The average Bonchev–Trinajstić information content (AvgIpc) is 3.50. The number of nitrogens with zero attached hydrogens (tertiary/aromatic N) is 1. The van der Waals surface area contributed by atoms with Gasteiger partial charge >= 0.3 is 6.18 Å². The second kappa shape index (κ2) is 10.3. The number of hydrogen-bond acceptors (Lipinski definition) is 2. The van der Waals surface area contributed by atoms with E-state index in [9.17, 15) is 22.4 Å². The van der Waals surface area contributed by atoms with Gasteiger partial charge in [0.05, 0.1) is 11.0 Å². The van der Waals surface area contributed by atoms with E-state index in [2.05, 4.69) is 53.6 Å². The molecule has 0 bridgehead atoms. The molecule has 1 aliphatic heterocycles. The Morgan fingerprint density at radius 1 is 1.10 bits per heavy atom. The number of carbonyl (C=O) groups is 1. The summed E-state index contributed by atoms with van der Waals surface area (Å²) in [7, 11) is 0. The summed E-state index contributed by atoms with van der Waals surface area (Å²) in [6.45, 7) is 4.20. The van der Waals surface area contributed by atoms with Gasteiger partial charge in [0.1, 0.15) is 5.82 Å². The van der Waals surface area contributed by atoms with E-state index >= 15 is 0 Å². The number of halogens is 4. The van der Waals surface area contributed by atoms with Crippen LogP contribution in [0.1, 0.15) is 80.5 Å². The van der Waals surface area contributed by atoms with E-state index in [1.54, 1.807) is 0 Å². The molecular formula is C33H38F4N2O. The van der Waals surface area contributed by atoms with Crippen LogP contribution >= 0.6 is 0 Å². The zero-order valence-electron chi connectivity index (χ0n) is 23.1. The van der Waals surface area contributed by atoms with Crippen LogP contribution in [0.15, 0.2) is 48.5 Å². The maximum Gasteiger partial charge on any atom is 0.416 e. The number of nitrogens with one attached hydrogen (secondary N) is 1. The molecular weight excluding hydrogens is 516 g/mol. The van der Waals surface area contributed by atoms with Crippen molar-refractivity contribution in [1.82, 2.24) is 10.2 Å². The number of fused-ring (bicyclic) bond motifs is 2.